The molecule has 2 aromatic heterocycles. The van der Waals surface area contributed by atoms with Crippen LogP contribution in [0.4, 0.5) is 0 Å². The zero-order valence-corrected chi connectivity index (χ0v) is 21.4. The Hall–Kier alpha value is -3.85. The second-order valence-electron chi connectivity index (χ2n) is 10.6. The molecule has 3 nitrogen and oxygen atoms in total. The van der Waals surface area contributed by atoms with E-state index in [0.29, 0.717) is 0 Å². The zero-order valence-electron chi connectivity index (χ0n) is 21.4. The maximum absolute atomic E-state index is 6.31. The number of hydrogen-bond donors (Lipinski definition) is 0. The SMILES string of the molecule is CCC1(C)c2ccccc2-c2n(-c3cccc4oc5ccccc5c34)c3ccccc3[n+]2C1(C)CC. The number of imidazole rings is 1. The molecule has 36 heavy (non-hydrogen) atoms. The number of para-hydroxylation sites is 3. The van der Waals surface area contributed by atoms with Gasteiger partial charge in [-0.3, -0.25) is 0 Å². The van der Waals surface area contributed by atoms with E-state index in [2.05, 4.69) is 122 Å². The van der Waals surface area contributed by atoms with E-state index in [9.17, 15) is 0 Å². The molecule has 0 aliphatic carbocycles. The molecular formula is C33H31N2O+. The van der Waals surface area contributed by atoms with E-state index >= 15 is 0 Å². The second-order valence-corrected chi connectivity index (χ2v) is 10.6. The van der Waals surface area contributed by atoms with Crippen LogP contribution in [0.3, 0.4) is 0 Å². The van der Waals surface area contributed by atoms with Gasteiger partial charge in [-0.2, -0.15) is 4.57 Å². The molecule has 3 heteroatoms. The molecule has 2 unspecified atom stereocenters. The normalized spacial score (nSPS) is 21.2. The van der Waals surface area contributed by atoms with Crippen molar-refractivity contribution in [1.82, 2.24) is 4.57 Å². The highest BCUT2D eigenvalue weighted by Crippen LogP contribution is 2.51. The molecule has 1 aliphatic heterocycles. The summed E-state index contributed by atoms with van der Waals surface area (Å²) in [4.78, 5) is 0. The van der Waals surface area contributed by atoms with Gasteiger partial charge in [0.15, 0.2) is 11.0 Å². The van der Waals surface area contributed by atoms with Crippen LogP contribution in [0.15, 0.2) is 95.4 Å². The molecule has 4 aromatic carbocycles. The van der Waals surface area contributed by atoms with E-state index in [-0.39, 0.29) is 11.0 Å². The van der Waals surface area contributed by atoms with E-state index in [1.165, 1.54) is 28.0 Å². The largest absolute Gasteiger partial charge is 0.456 e. The molecule has 1 aliphatic rings. The number of furan rings is 1. The Morgan fingerprint density at radius 3 is 2.31 bits per heavy atom. The topological polar surface area (TPSA) is 21.9 Å². The molecule has 6 aromatic rings. The number of rotatable bonds is 3. The summed E-state index contributed by atoms with van der Waals surface area (Å²) < 4.78 is 11.4. The third-order valence-corrected chi connectivity index (χ3v) is 9.25. The Labute approximate surface area is 211 Å². The van der Waals surface area contributed by atoms with Gasteiger partial charge in [0.05, 0.1) is 10.9 Å². The lowest BCUT2D eigenvalue weighted by Gasteiger charge is -2.47. The van der Waals surface area contributed by atoms with Crippen LogP contribution in [0.2, 0.25) is 0 Å². The van der Waals surface area contributed by atoms with E-state index in [1.807, 2.05) is 6.07 Å². The van der Waals surface area contributed by atoms with E-state index in [1.54, 1.807) is 0 Å². The third kappa shape index (κ3) is 2.46. The summed E-state index contributed by atoms with van der Waals surface area (Å²) in [6, 6.07) is 32.8. The average Bonchev–Trinajstić information content (AvgIpc) is 3.48. The molecule has 3 heterocycles. The third-order valence-electron chi connectivity index (χ3n) is 9.25. The molecule has 0 radical (unpaired) electrons. The van der Waals surface area contributed by atoms with Crippen molar-refractivity contribution in [2.24, 2.45) is 0 Å². The number of fused-ring (bicyclic) bond motifs is 8. The number of nitrogens with zero attached hydrogens (tertiary/aromatic N) is 2. The molecule has 0 spiro atoms. The molecule has 7 rings (SSSR count). The molecular weight excluding hydrogens is 440 g/mol. The minimum absolute atomic E-state index is 0.000684. The van der Waals surface area contributed by atoms with Gasteiger partial charge in [-0.15, -0.1) is 0 Å². The Morgan fingerprint density at radius 2 is 1.47 bits per heavy atom. The maximum Gasteiger partial charge on any atom is 0.295 e. The first-order valence-electron chi connectivity index (χ1n) is 13.1. The summed E-state index contributed by atoms with van der Waals surface area (Å²) in [6.07, 6.45) is 2.11. The van der Waals surface area contributed by atoms with Gasteiger partial charge < -0.3 is 4.42 Å². The highest BCUT2D eigenvalue weighted by molar-refractivity contribution is 6.10. The van der Waals surface area contributed by atoms with Crippen LogP contribution in [-0.2, 0) is 11.0 Å². The summed E-state index contributed by atoms with van der Waals surface area (Å²) >= 11 is 0. The van der Waals surface area contributed by atoms with Crippen LogP contribution >= 0.6 is 0 Å². The van der Waals surface area contributed by atoms with Gasteiger partial charge >= 0.3 is 0 Å². The molecule has 2 atom stereocenters. The van der Waals surface area contributed by atoms with E-state index in [4.69, 9.17) is 4.42 Å². The first-order valence-corrected chi connectivity index (χ1v) is 13.1. The summed E-state index contributed by atoms with van der Waals surface area (Å²) in [5, 5.41) is 2.32. The van der Waals surface area contributed by atoms with Crippen LogP contribution in [0.1, 0.15) is 46.1 Å². The van der Waals surface area contributed by atoms with Gasteiger partial charge in [0.1, 0.15) is 22.4 Å². The van der Waals surface area contributed by atoms with Gasteiger partial charge in [-0.1, -0.05) is 75.4 Å². The molecule has 178 valence electrons. The van der Waals surface area contributed by atoms with Crippen LogP contribution in [-0.4, -0.2) is 4.57 Å². The quantitative estimate of drug-likeness (QED) is 0.238. The summed E-state index contributed by atoms with van der Waals surface area (Å²) in [6.45, 7) is 9.60. The van der Waals surface area contributed by atoms with Crippen molar-refractivity contribution in [2.75, 3.05) is 0 Å². The molecule has 0 fully saturated rings. The average molecular weight is 472 g/mol. The van der Waals surface area contributed by atoms with Crippen LogP contribution in [0, 0.1) is 0 Å². The van der Waals surface area contributed by atoms with Crippen molar-refractivity contribution in [1.29, 1.82) is 0 Å². The van der Waals surface area contributed by atoms with Crippen molar-refractivity contribution >= 4 is 33.0 Å². The summed E-state index contributed by atoms with van der Waals surface area (Å²) in [5.74, 6) is 1.25. The summed E-state index contributed by atoms with van der Waals surface area (Å²) in [7, 11) is 0. The highest BCUT2D eigenvalue weighted by Gasteiger charge is 2.56. The Kier molecular flexibility index (Phi) is 4.36. The molecule has 0 N–H and O–H groups in total. The van der Waals surface area contributed by atoms with Gasteiger partial charge in [0.25, 0.3) is 5.82 Å². The van der Waals surface area contributed by atoms with Gasteiger partial charge in [0.2, 0.25) is 0 Å². The number of aromatic nitrogens is 2. The Balaban J connectivity index is 1.72. The minimum Gasteiger partial charge on any atom is -0.456 e. The van der Waals surface area contributed by atoms with E-state index < -0.39 is 0 Å². The fourth-order valence-electron chi connectivity index (χ4n) is 6.91. The Bertz CT molecular complexity index is 1810. The van der Waals surface area contributed by atoms with Gasteiger partial charge in [-0.05, 0) is 61.7 Å². The predicted molar refractivity (Wildman–Crippen MR) is 148 cm³/mol. The lowest BCUT2D eigenvalue weighted by atomic mass is 9.61. The van der Waals surface area contributed by atoms with Crippen molar-refractivity contribution in [3.63, 3.8) is 0 Å². The summed E-state index contributed by atoms with van der Waals surface area (Å²) in [5.41, 5.74) is 8.16. The van der Waals surface area contributed by atoms with Crippen molar-refractivity contribution < 1.29 is 8.98 Å². The molecule has 0 saturated carbocycles. The fourth-order valence-corrected chi connectivity index (χ4v) is 6.91. The Morgan fingerprint density at radius 1 is 0.750 bits per heavy atom. The maximum atomic E-state index is 6.31. The minimum atomic E-state index is -0.0946. The molecule has 0 bridgehead atoms. The van der Waals surface area contributed by atoms with Crippen LogP contribution in [0.5, 0.6) is 0 Å². The lowest BCUT2D eigenvalue weighted by Crippen LogP contribution is -2.67. The van der Waals surface area contributed by atoms with Crippen molar-refractivity contribution in [3.8, 4) is 17.1 Å². The fraction of sp³-hybridized carbons (Fsp3) is 0.242. The van der Waals surface area contributed by atoms with Crippen LogP contribution < -0.4 is 4.57 Å². The van der Waals surface area contributed by atoms with Crippen molar-refractivity contribution in [3.05, 3.63) is 96.6 Å². The first kappa shape index (κ1) is 21.4. The second kappa shape index (κ2) is 7.33. The monoisotopic (exact) mass is 471 g/mol. The zero-order chi connectivity index (χ0) is 24.7. The van der Waals surface area contributed by atoms with Crippen LogP contribution in [0.25, 0.3) is 50.0 Å². The van der Waals surface area contributed by atoms with Crippen molar-refractivity contribution in [2.45, 2.75) is 51.5 Å². The van der Waals surface area contributed by atoms with Gasteiger partial charge in [0, 0.05) is 10.8 Å². The van der Waals surface area contributed by atoms with Gasteiger partial charge in [-0.25, -0.2) is 4.57 Å². The van der Waals surface area contributed by atoms with E-state index in [0.717, 1.165) is 40.5 Å². The predicted octanol–water partition coefficient (Wildman–Crippen LogP) is 8.29. The first-order chi connectivity index (χ1) is 17.5. The number of hydrogen-bond acceptors (Lipinski definition) is 1. The number of benzene rings is 4. The lowest BCUT2D eigenvalue weighted by molar-refractivity contribution is -0.743. The highest BCUT2D eigenvalue weighted by atomic mass is 16.3. The standard InChI is InChI=1S/C33H31N2O/c1-5-32(3)24-16-9-7-14-22(24)31-34(25-17-10-11-18-26(25)35(31)33(32,4)6-2)27-19-13-21-29-30(27)23-15-8-12-20-28(23)36-29/h7-21H,5-6H2,1-4H3/q+1. The molecule has 0 saturated heterocycles. The smallest absolute Gasteiger partial charge is 0.295 e. The molecule has 0 amide bonds.